The minimum Gasteiger partial charge on any atom is -0.496 e. The molecule has 4 rings (SSSR count). The smallest absolute Gasteiger partial charge is 0.416 e. The maximum atomic E-state index is 13.1. The Morgan fingerprint density at radius 1 is 1.05 bits per heavy atom. The van der Waals surface area contributed by atoms with E-state index < -0.39 is 11.7 Å². The van der Waals surface area contributed by atoms with Crippen LogP contribution in [0.4, 0.5) is 18.9 Å². The van der Waals surface area contributed by atoms with Crippen molar-refractivity contribution in [3.05, 3.63) is 105 Å². The number of hydrogen-bond acceptors (Lipinski definition) is 4. The van der Waals surface area contributed by atoms with E-state index in [4.69, 9.17) is 21.1 Å². The largest absolute Gasteiger partial charge is 0.496 e. The van der Waals surface area contributed by atoms with Gasteiger partial charge in [0.05, 0.1) is 36.3 Å². The third kappa shape index (κ3) is 6.28. The lowest BCUT2D eigenvalue weighted by Crippen LogP contribution is -2.14. The van der Waals surface area contributed by atoms with Crippen molar-refractivity contribution >= 4 is 23.2 Å². The predicted octanol–water partition coefficient (Wildman–Crippen LogP) is 7.06. The summed E-state index contributed by atoms with van der Waals surface area (Å²) in [7, 11) is 1.53. The molecule has 0 saturated carbocycles. The maximum absolute atomic E-state index is 13.1. The average Bonchev–Trinajstić information content (AvgIpc) is 3.15. The number of anilines is 1. The van der Waals surface area contributed by atoms with Gasteiger partial charge in [0.25, 0.3) is 5.91 Å². The molecule has 198 valence electrons. The van der Waals surface area contributed by atoms with Gasteiger partial charge in [-0.3, -0.25) is 9.48 Å². The second-order valence-corrected chi connectivity index (χ2v) is 9.06. The Morgan fingerprint density at radius 2 is 1.79 bits per heavy atom. The molecule has 1 aromatic heterocycles. The van der Waals surface area contributed by atoms with E-state index in [1.165, 1.54) is 13.2 Å². The van der Waals surface area contributed by atoms with E-state index in [2.05, 4.69) is 10.4 Å². The molecule has 38 heavy (non-hydrogen) atoms. The van der Waals surface area contributed by atoms with E-state index in [1.54, 1.807) is 67.1 Å². The molecule has 1 amide bonds. The fourth-order valence-corrected chi connectivity index (χ4v) is 4.09. The molecule has 0 fully saturated rings. The van der Waals surface area contributed by atoms with Crippen LogP contribution in [0.1, 0.15) is 38.4 Å². The number of methoxy groups -OCH3 is 1. The van der Waals surface area contributed by atoms with Gasteiger partial charge >= 0.3 is 6.18 Å². The van der Waals surface area contributed by atoms with Crippen molar-refractivity contribution in [3.63, 3.8) is 0 Å². The standard InChI is InChI=1S/C28H25ClF3N3O3/c1-17-26(18(2)35(34-17)15-19-5-4-6-22(13-19)28(30,31)32)33-27(36)20-7-12-25(37-3)21(14-20)16-38-24-10-8-23(29)9-11-24/h4-14H,15-16H2,1-3H3,(H,33,36). The van der Waals surface area contributed by atoms with E-state index in [0.29, 0.717) is 50.3 Å². The number of alkyl halides is 3. The molecular formula is C28H25ClF3N3O3. The molecule has 3 aromatic carbocycles. The lowest BCUT2D eigenvalue weighted by atomic mass is 10.1. The quantitative estimate of drug-likeness (QED) is 0.258. The van der Waals surface area contributed by atoms with Gasteiger partial charge in [0.2, 0.25) is 0 Å². The molecular weight excluding hydrogens is 519 g/mol. The van der Waals surface area contributed by atoms with Gasteiger partial charge in [0.1, 0.15) is 18.1 Å². The van der Waals surface area contributed by atoms with Crippen molar-refractivity contribution in [1.29, 1.82) is 0 Å². The molecule has 0 aliphatic carbocycles. The summed E-state index contributed by atoms with van der Waals surface area (Å²) in [5.41, 5.74) is 2.44. The number of carbonyl (C=O) groups is 1. The third-order valence-electron chi connectivity index (χ3n) is 5.96. The summed E-state index contributed by atoms with van der Waals surface area (Å²) in [5.74, 6) is 0.813. The van der Waals surface area contributed by atoms with E-state index in [1.807, 2.05) is 0 Å². The molecule has 0 radical (unpaired) electrons. The zero-order chi connectivity index (χ0) is 27.4. The Kier molecular flexibility index (Phi) is 7.97. The second-order valence-electron chi connectivity index (χ2n) is 8.62. The second kappa shape index (κ2) is 11.2. The molecule has 0 saturated heterocycles. The summed E-state index contributed by atoms with van der Waals surface area (Å²) in [6.45, 7) is 3.77. The number of hydrogen-bond donors (Lipinski definition) is 1. The number of rotatable bonds is 8. The highest BCUT2D eigenvalue weighted by Crippen LogP contribution is 2.30. The first-order chi connectivity index (χ1) is 18.0. The molecule has 0 atom stereocenters. The van der Waals surface area contributed by atoms with E-state index in [0.717, 1.165) is 12.1 Å². The van der Waals surface area contributed by atoms with Crippen LogP contribution < -0.4 is 14.8 Å². The van der Waals surface area contributed by atoms with Gasteiger partial charge in [0, 0.05) is 16.1 Å². The Morgan fingerprint density at radius 3 is 2.47 bits per heavy atom. The minimum absolute atomic E-state index is 0.126. The Bertz CT molecular complexity index is 1450. The normalized spacial score (nSPS) is 11.3. The van der Waals surface area contributed by atoms with Crippen molar-refractivity contribution < 1.29 is 27.4 Å². The first-order valence-corrected chi connectivity index (χ1v) is 12.0. The van der Waals surface area contributed by atoms with Crippen LogP contribution >= 0.6 is 11.6 Å². The maximum Gasteiger partial charge on any atom is 0.416 e. The topological polar surface area (TPSA) is 65.4 Å². The Balaban J connectivity index is 1.51. The van der Waals surface area contributed by atoms with Gasteiger partial charge in [-0.15, -0.1) is 0 Å². The first-order valence-electron chi connectivity index (χ1n) is 11.6. The Labute approximate surface area is 223 Å². The van der Waals surface area contributed by atoms with E-state index >= 15 is 0 Å². The summed E-state index contributed by atoms with van der Waals surface area (Å²) in [6.07, 6.45) is -4.43. The van der Waals surface area contributed by atoms with Crippen molar-refractivity contribution in [1.82, 2.24) is 9.78 Å². The van der Waals surface area contributed by atoms with Crippen LogP contribution in [0.2, 0.25) is 5.02 Å². The molecule has 1 heterocycles. The van der Waals surface area contributed by atoms with Crippen LogP contribution in [-0.2, 0) is 19.3 Å². The molecule has 0 bridgehead atoms. The van der Waals surface area contributed by atoms with Gasteiger partial charge in [-0.05, 0) is 74.0 Å². The predicted molar refractivity (Wildman–Crippen MR) is 139 cm³/mol. The SMILES string of the molecule is COc1ccc(C(=O)Nc2c(C)nn(Cc3cccc(C(F)(F)F)c3)c2C)cc1COc1ccc(Cl)cc1. The number of nitrogens with zero attached hydrogens (tertiary/aromatic N) is 2. The zero-order valence-corrected chi connectivity index (χ0v) is 21.7. The third-order valence-corrected chi connectivity index (χ3v) is 6.21. The van der Waals surface area contributed by atoms with Crippen LogP contribution in [0.3, 0.4) is 0 Å². The highest BCUT2D eigenvalue weighted by atomic mass is 35.5. The molecule has 6 nitrogen and oxygen atoms in total. The zero-order valence-electron chi connectivity index (χ0n) is 20.9. The number of carbonyl (C=O) groups excluding carboxylic acids is 1. The molecule has 0 aliphatic heterocycles. The van der Waals surface area contributed by atoms with Gasteiger partial charge < -0.3 is 14.8 Å². The van der Waals surface area contributed by atoms with Crippen LogP contribution in [0.5, 0.6) is 11.5 Å². The van der Waals surface area contributed by atoms with Crippen LogP contribution in [0, 0.1) is 13.8 Å². The molecule has 0 aliphatic rings. The lowest BCUT2D eigenvalue weighted by Gasteiger charge is -2.13. The fraction of sp³-hybridized carbons (Fsp3) is 0.214. The summed E-state index contributed by atoms with van der Waals surface area (Å²) in [5, 5.41) is 7.91. The minimum atomic E-state index is -4.43. The summed E-state index contributed by atoms with van der Waals surface area (Å²) < 4.78 is 52.1. The highest BCUT2D eigenvalue weighted by molar-refractivity contribution is 6.30. The first kappa shape index (κ1) is 27.1. The van der Waals surface area contributed by atoms with Crippen LogP contribution in [-0.4, -0.2) is 22.8 Å². The summed E-state index contributed by atoms with van der Waals surface area (Å²) in [4.78, 5) is 13.1. The number of amides is 1. The van der Waals surface area contributed by atoms with Gasteiger partial charge in [-0.1, -0.05) is 23.7 Å². The molecule has 0 unspecified atom stereocenters. The van der Waals surface area contributed by atoms with Gasteiger partial charge in [-0.2, -0.15) is 18.3 Å². The number of aromatic nitrogens is 2. The number of halogens is 4. The average molecular weight is 544 g/mol. The number of benzene rings is 3. The molecule has 10 heteroatoms. The van der Waals surface area contributed by atoms with E-state index in [-0.39, 0.29) is 19.1 Å². The van der Waals surface area contributed by atoms with Crippen LogP contribution in [0.25, 0.3) is 0 Å². The highest BCUT2D eigenvalue weighted by Gasteiger charge is 2.30. The monoisotopic (exact) mass is 543 g/mol. The lowest BCUT2D eigenvalue weighted by molar-refractivity contribution is -0.137. The number of ether oxygens (including phenoxy) is 2. The van der Waals surface area contributed by atoms with Crippen molar-refractivity contribution in [2.45, 2.75) is 33.2 Å². The van der Waals surface area contributed by atoms with Crippen molar-refractivity contribution in [2.75, 3.05) is 12.4 Å². The molecule has 1 N–H and O–H groups in total. The van der Waals surface area contributed by atoms with E-state index in [9.17, 15) is 18.0 Å². The van der Waals surface area contributed by atoms with Gasteiger partial charge in [-0.25, -0.2) is 0 Å². The summed E-state index contributed by atoms with van der Waals surface area (Å²) in [6, 6.07) is 17.0. The summed E-state index contributed by atoms with van der Waals surface area (Å²) >= 11 is 5.92. The van der Waals surface area contributed by atoms with Gasteiger partial charge in [0.15, 0.2) is 0 Å². The van der Waals surface area contributed by atoms with Crippen molar-refractivity contribution in [2.24, 2.45) is 0 Å². The van der Waals surface area contributed by atoms with Crippen molar-refractivity contribution in [3.8, 4) is 11.5 Å². The fourth-order valence-electron chi connectivity index (χ4n) is 3.96. The molecule has 4 aromatic rings. The van der Waals surface area contributed by atoms with Crippen LogP contribution in [0.15, 0.2) is 66.7 Å². The Hall–Kier alpha value is -3.98. The molecule has 0 spiro atoms. The number of aryl methyl sites for hydroxylation is 1. The number of nitrogens with one attached hydrogen (secondary N) is 1.